The molecule has 0 aromatic heterocycles. The van der Waals surface area contributed by atoms with Gasteiger partial charge in [0.1, 0.15) is 5.75 Å². The Morgan fingerprint density at radius 3 is 2.87 bits per heavy atom. The average Bonchev–Trinajstić information content (AvgIpc) is 2.20. The van der Waals surface area contributed by atoms with Crippen LogP contribution in [0.25, 0.3) is 0 Å². The number of ether oxygens (including phenoxy) is 1. The molecule has 0 bridgehead atoms. The number of amides is 1. The van der Waals surface area contributed by atoms with Gasteiger partial charge in [0.15, 0.2) is 0 Å². The Morgan fingerprint density at radius 1 is 1.47 bits per heavy atom. The maximum Gasteiger partial charge on any atom is 0.221 e. The molecule has 0 saturated carbocycles. The summed E-state index contributed by atoms with van der Waals surface area (Å²) >= 11 is 0. The van der Waals surface area contributed by atoms with E-state index in [1.807, 2.05) is 18.2 Å². The van der Waals surface area contributed by atoms with Crippen LogP contribution in [0.4, 0.5) is 5.69 Å². The Labute approximate surface area is 89.4 Å². The SMILES string of the molecule is CC(=O)Nc1ccccc1OCCCN. The highest BCUT2D eigenvalue weighted by Crippen LogP contribution is 2.23. The average molecular weight is 208 g/mol. The van der Waals surface area contributed by atoms with Crippen LogP contribution in [0.15, 0.2) is 24.3 Å². The number of para-hydroxylation sites is 2. The summed E-state index contributed by atoms with van der Waals surface area (Å²) in [5, 5.41) is 2.71. The van der Waals surface area contributed by atoms with E-state index in [9.17, 15) is 4.79 Å². The molecule has 0 aliphatic rings. The van der Waals surface area contributed by atoms with Crippen molar-refractivity contribution in [2.24, 2.45) is 5.73 Å². The molecule has 15 heavy (non-hydrogen) atoms. The minimum Gasteiger partial charge on any atom is -0.491 e. The summed E-state index contributed by atoms with van der Waals surface area (Å²) in [7, 11) is 0. The third kappa shape index (κ3) is 3.99. The van der Waals surface area contributed by atoms with E-state index in [1.165, 1.54) is 6.92 Å². The molecule has 0 heterocycles. The van der Waals surface area contributed by atoms with Gasteiger partial charge in [-0.05, 0) is 25.1 Å². The monoisotopic (exact) mass is 208 g/mol. The van der Waals surface area contributed by atoms with Gasteiger partial charge >= 0.3 is 0 Å². The van der Waals surface area contributed by atoms with Gasteiger partial charge in [-0.25, -0.2) is 0 Å². The quantitative estimate of drug-likeness (QED) is 0.718. The summed E-state index contributed by atoms with van der Waals surface area (Å²) in [6.45, 7) is 2.63. The molecule has 3 N–H and O–H groups in total. The van der Waals surface area contributed by atoms with Gasteiger partial charge < -0.3 is 15.8 Å². The minimum atomic E-state index is -0.107. The molecule has 82 valence electrons. The molecule has 0 aliphatic heterocycles. The minimum absolute atomic E-state index is 0.107. The molecule has 0 aliphatic carbocycles. The van der Waals surface area contributed by atoms with E-state index in [0.29, 0.717) is 24.6 Å². The molecule has 0 unspecified atom stereocenters. The normalized spacial score (nSPS) is 9.73. The number of carbonyl (C=O) groups excluding carboxylic acids is 1. The molecule has 0 saturated heterocycles. The molecule has 4 nitrogen and oxygen atoms in total. The summed E-state index contributed by atoms with van der Waals surface area (Å²) in [6, 6.07) is 7.34. The maximum atomic E-state index is 10.9. The summed E-state index contributed by atoms with van der Waals surface area (Å²) < 4.78 is 5.48. The van der Waals surface area contributed by atoms with Crippen molar-refractivity contribution in [1.29, 1.82) is 0 Å². The van der Waals surface area contributed by atoms with Crippen molar-refractivity contribution in [3.8, 4) is 5.75 Å². The van der Waals surface area contributed by atoms with Crippen molar-refractivity contribution in [2.45, 2.75) is 13.3 Å². The third-order valence-electron chi connectivity index (χ3n) is 1.80. The summed E-state index contributed by atoms with van der Waals surface area (Å²) in [5.41, 5.74) is 6.06. The maximum absolute atomic E-state index is 10.9. The highest BCUT2D eigenvalue weighted by atomic mass is 16.5. The molecule has 1 rings (SSSR count). The van der Waals surface area contributed by atoms with Crippen molar-refractivity contribution in [3.63, 3.8) is 0 Å². The predicted octanol–water partition coefficient (Wildman–Crippen LogP) is 1.37. The Morgan fingerprint density at radius 2 is 2.20 bits per heavy atom. The van der Waals surface area contributed by atoms with E-state index in [-0.39, 0.29) is 5.91 Å². The zero-order valence-corrected chi connectivity index (χ0v) is 8.82. The summed E-state index contributed by atoms with van der Waals surface area (Å²) in [6.07, 6.45) is 0.800. The Hall–Kier alpha value is -1.55. The van der Waals surface area contributed by atoms with Crippen LogP contribution >= 0.6 is 0 Å². The molecule has 1 aromatic carbocycles. The van der Waals surface area contributed by atoms with Crippen LogP contribution in [0, 0.1) is 0 Å². The van der Waals surface area contributed by atoms with E-state index >= 15 is 0 Å². The van der Waals surface area contributed by atoms with Crippen LogP contribution in [0.2, 0.25) is 0 Å². The van der Waals surface area contributed by atoms with Crippen LogP contribution in [0.3, 0.4) is 0 Å². The van der Waals surface area contributed by atoms with Gasteiger partial charge in [0.2, 0.25) is 5.91 Å². The molecule has 4 heteroatoms. The Kier molecular flexibility index (Phi) is 4.63. The number of hydrogen-bond donors (Lipinski definition) is 2. The molecule has 0 radical (unpaired) electrons. The van der Waals surface area contributed by atoms with Gasteiger partial charge in [0, 0.05) is 6.92 Å². The molecule has 0 spiro atoms. The van der Waals surface area contributed by atoms with Crippen molar-refractivity contribution in [1.82, 2.24) is 0 Å². The molecular weight excluding hydrogens is 192 g/mol. The fraction of sp³-hybridized carbons (Fsp3) is 0.364. The highest BCUT2D eigenvalue weighted by molar-refractivity contribution is 5.90. The van der Waals surface area contributed by atoms with Crippen LogP contribution in [0.1, 0.15) is 13.3 Å². The Bertz CT molecular complexity index is 326. The first-order valence-electron chi connectivity index (χ1n) is 4.93. The van der Waals surface area contributed by atoms with Gasteiger partial charge in [0.25, 0.3) is 0 Å². The van der Waals surface area contributed by atoms with Crippen LogP contribution in [0.5, 0.6) is 5.75 Å². The smallest absolute Gasteiger partial charge is 0.221 e. The summed E-state index contributed by atoms with van der Waals surface area (Å²) in [4.78, 5) is 10.9. The van der Waals surface area contributed by atoms with Gasteiger partial charge in [-0.3, -0.25) is 4.79 Å². The number of anilines is 1. The fourth-order valence-corrected chi connectivity index (χ4v) is 1.15. The van der Waals surface area contributed by atoms with Crippen molar-refractivity contribution >= 4 is 11.6 Å². The van der Waals surface area contributed by atoms with Gasteiger partial charge in [0.05, 0.1) is 12.3 Å². The predicted molar refractivity (Wildman–Crippen MR) is 59.9 cm³/mol. The van der Waals surface area contributed by atoms with Gasteiger partial charge in [-0.2, -0.15) is 0 Å². The first-order valence-corrected chi connectivity index (χ1v) is 4.93. The van der Waals surface area contributed by atoms with Crippen molar-refractivity contribution in [3.05, 3.63) is 24.3 Å². The molecule has 0 fully saturated rings. The summed E-state index contributed by atoms with van der Waals surface area (Å²) in [5.74, 6) is 0.575. The lowest BCUT2D eigenvalue weighted by Gasteiger charge is -2.10. The third-order valence-corrected chi connectivity index (χ3v) is 1.80. The molecule has 1 aromatic rings. The number of carbonyl (C=O) groups is 1. The second-order valence-corrected chi connectivity index (χ2v) is 3.17. The van der Waals surface area contributed by atoms with Crippen molar-refractivity contribution in [2.75, 3.05) is 18.5 Å². The number of rotatable bonds is 5. The number of nitrogens with one attached hydrogen (secondary N) is 1. The second-order valence-electron chi connectivity index (χ2n) is 3.17. The molecular formula is C11H16N2O2. The first-order chi connectivity index (χ1) is 7.24. The lowest BCUT2D eigenvalue weighted by molar-refractivity contribution is -0.114. The first kappa shape index (κ1) is 11.5. The lowest BCUT2D eigenvalue weighted by Crippen LogP contribution is -2.10. The topological polar surface area (TPSA) is 64.3 Å². The van der Waals surface area contributed by atoms with Crippen LogP contribution in [-0.4, -0.2) is 19.1 Å². The zero-order chi connectivity index (χ0) is 11.1. The lowest BCUT2D eigenvalue weighted by atomic mass is 10.3. The van der Waals surface area contributed by atoms with E-state index < -0.39 is 0 Å². The zero-order valence-electron chi connectivity index (χ0n) is 8.82. The fourth-order valence-electron chi connectivity index (χ4n) is 1.15. The van der Waals surface area contributed by atoms with Crippen LogP contribution in [-0.2, 0) is 4.79 Å². The van der Waals surface area contributed by atoms with Crippen LogP contribution < -0.4 is 15.8 Å². The number of nitrogens with two attached hydrogens (primary N) is 1. The number of hydrogen-bond acceptors (Lipinski definition) is 3. The van der Waals surface area contributed by atoms with E-state index in [1.54, 1.807) is 6.07 Å². The van der Waals surface area contributed by atoms with E-state index in [0.717, 1.165) is 6.42 Å². The molecule has 1 amide bonds. The Balaban J connectivity index is 2.64. The number of benzene rings is 1. The van der Waals surface area contributed by atoms with E-state index in [4.69, 9.17) is 10.5 Å². The van der Waals surface area contributed by atoms with Crippen molar-refractivity contribution < 1.29 is 9.53 Å². The second kappa shape index (κ2) is 6.03. The van der Waals surface area contributed by atoms with Gasteiger partial charge in [-0.1, -0.05) is 12.1 Å². The van der Waals surface area contributed by atoms with Gasteiger partial charge in [-0.15, -0.1) is 0 Å². The molecule has 0 atom stereocenters. The van der Waals surface area contributed by atoms with E-state index in [2.05, 4.69) is 5.32 Å². The highest BCUT2D eigenvalue weighted by Gasteiger charge is 2.03. The largest absolute Gasteiger partial charge is 0.491 e. The standard InChI is InChI=1S/C11H16N2O2/c1-9(14)13-10-5-2-3-6-11(10)15-8-4-7-12/h2-3,5-6H,4,7-8,12H2,1H3,(H,13,14).